The second kappa shape index (κ2) is 6.61. The summed E-state index contributed by atoms with van der Waals surface area (Å²) in [7, 11) is 1.62. The number of anilines is 1. The van der Waals surface area contributed by atoms with Gasteiger partial charge >= 0.3 is 0 Å². The molecule has 1 fully saturated rings. The molecule has 0 spiro atoms. The number of nitrogens with zero attached hydrogens (tertiary/aromatic N) is 3. The number of ether oxygens (including phenoxy) is 1. The zero-order valence-corrected chi connectivity index (χ0v) is 10.8. The van der Waals surface area contributed by atoms with E-state index < -0.39 is 0 Å². The monoisotopic (exact) mass is 258 g/mol. The smallest absolute Gasteiger partial charge is 0.218 e. The van der Waals surface area contributed by atoms with E-state index in [1.54, 1.807) is 13.4 Å². The van der Waals surface area contributed by atoms with Crippen LogP contribution in [-0.4, -0.2) is 36.7 Å². The lowest BCUT2D eigenvalue weighted by molar-refractivity contribution is 0.393. The van der Waals surface area contributed by atoms with Gasteiger partial charge in [0.1, 0.15) is 12.1 Å². The number of hydrogen-bond donors (Lipinski definition) is 1. The van der Waals surface area contributed by atoms with Gasteiger partial charge in [-0.05, 0) is 25.3 Å². The average Bonchev–Trinajstić information content (AvgIpc) is 2.39. The molecule has 0 saturated carbocycles. The molecule has 0 aliphatic carbocycles. The summed E-state index contributed by atoms with van der Waals surface area (Å²) in [4.78, 5) is 10.5. The molecule has 0 unspecified atom stereocenters. The quantitative estimate of drug-likeness (QED) is 0.879. The van der Waals surface area contributed by atoms with Crippen LogP contribution in [0.5, 0.6) is 5.88 Å². The van der Waals surface area contributed by atoms with Crippen LogP contribution in [0.3, 0.4) is 0 Å². The fraction of sp³-hybridized carbons (Fsp3) is 0.636. The molecule has 0 amide bonds. The van der Waals surface area contributed by atoms with Crippen LogP contribution in [0.4, 0.5) is 5.82 Å². The molecule has 1 aromatic rings. The number of rotatable bonds is 3. The summed E-state index contributed by atoms with van der Waals surface area (Å²) in [5.74, 6) is 2.23. The maximum atomic E-state index is 5.67. The van der Waals surface area contributed by atoms with Crippen molar-refractivity contribution in [1.29, 1.82) is 0 Å². The van der Waals surface area contributed by atoms with E-state index in [2.05, 4.69) is 14.9 Å². The number of halogens is 1. The Morgan fingerprint density at radius 3 is 2.71 bits per heavy atom. The van der Waals surface area contributed by atoms with Gasteiger partial charge in [0.05, 0.1) is 7.11 Å². The molecule has 0 atom stereocenters. The summed E-state index contributed by atoms with van der Waals surface area (Å²) in [5.41, 5.74) is 5.67. The van der Waals surface area contributed by atoms with Crippen LogP contribution in [0.1, 0.15) is 12.8 Å². The highest BCUT2D eigenvalue weighted by Crippen LogP contribution is 2.22. The first-order chi connectivity index (χ1) is 7.83. The van der Waals surface area contributed by atoms with Gasteiger partial charge in [-0.1, -0.05) is 0 Å². The highest BCUT2D eigenvalue weighted by Gasteiger charge is 2.19. The standard InChI is InChI=1S/C11H18N4O.ClH/c1-16-11-6-10(13-8-14-11)15-4-2-9(7-12)3-5-15;/h6,8-9H,2-5,7,12H2,1H3;1H. The van der Waals surface area contributed by atoms with Gasteiger partial charge in [0.2, 0.25) is 5.88 Å². The van der Waals surface area contributed by atoms with Crippen molar-refractivity contribution in [1.82, 2.24) is 9.97 Å². The van der Waals surface area contributed by atoms with E-state index in [0.717, 1.165) is 38.3 Å². The summed E-state index contributed by atoms with van der Waals surface area (Å²) in [5, 5.41) is 0. The molecule has 2 N–H and O–H groups in total. The van der Waals surface area contributed by atoms with E-state index in [4.69, 9.17) is 10.5 Å². The maximum Gasteiger partial charge on any atom is 0.218 e. The van der Waals surface area contributed by atoms with Gasteiger partial charge in [0.25, 0.3) is 0 Å². The first kappa shape index (κ1) is 14.0. The maximum absolute atomic E-state index is 5.67. The Labute approximate surface area is 108 Å². The van der Waals surface area contributed by atoms with Crippen LogP contribution in [0.15, 0.2) is 12.4 Å². The molecule has 1 saturated heterocycles. The van der Waals surface area contributed by atoms with Crippen molar-refractivity contribution in [2.45, 2.75) is 12.8 Å². The lowest BCUT2D eigenvalue weighted by atomic mass is 9.97. The van der Waals surface area contributed by atoms with E-state index in [0.29, 0.717) is 11.8 Å². The second-order valence-corrected chi connectivity index (χ2v) is 4.08. The molecule has 6 heteroatoms. The van der Waals surface area contributed by atoms with Crippen LogP contribution in [0, 0.1) is 5.92 Å². The van der Waals surface area contributed by atoms with E-state index in [-0.39, 0.29) is 12.4 Å². The molecule has 17 heavy (non-hydrogen) atoms. The molecule has 1 aromatic heterocycles. The molecule has 0 bridgehead atoms. The van der Waals surface area contributed by atoms with Gasteiger partial charge < -0.3 is 15.4 Å². The van der Waals surface area contributed by atoms with Crippen molar-refractivity contribution >= 4 is 18.2 Å². The van der Waals surface area contributed by atoms with Crippen molar-refractivity contribution in [2.24, 2.45) is 11.7 Å². The van der Waals surface area contributed by atoms with Crippen molar-refractivity contribution in [3.63, 3.8) is 0 Å². The number of piperidine rings is 1. The van der Waals surface area contributed by atoms with E-state index in [1.807, 2.05) is 6.07 Å². The van der Waals surface area contributed by atoms with Crippen LogP contribution in [-0.2, 0) is 0 Å². The lowest BCUT2D eigenvalue weighted by Gasteiger charge is -2.32. The molecule has 5 nitrogen and oxygen atoms in total. The van der Waals surface area contributed by atoms with Crippen LogP contribution in [0.25, 0.3) is 0 Å². The van der Waals surface area contributed by atoms with Gasteiger partial charge in [0, 0.05) is 19.2 Å². The SMILES string of the molecule is COc1cc(N2CCC(CN)CC2)ncn1.Cl. The normalized spacial score (nSPS) is 16.5. The Bertz CT molecular complexity index is 342. The third-order valence-electron chi connectivity index (χ3n) is 3.11. The van der Waals surface area contributed by atoms with E-state index >= 15 is 0 Å². The predicted octanol–water partition coefficient (Wildman–Crippen LogP) is 1.08. The molecular weight excluding hydrogens is 240 g/mol. The van der Waals surface area contributed by atoms with Gasteiger partial charge in [-0.15, -0.1) is 12.4 Å². The highest BCUT2D eigenvalue weighted by molar-refractivity contribution is 5.85. The third kappa shape index (κ3) is 3.44. The fourth-order valence-corrected chi connectivity index (χ4v) is 2.01. The molecule has 2 rings (SSSR count). The number of nitrogens with two attached hydrogens (primary N) is 1. The molecular formula is C11H19ClN4O. The zero-order valence-electron chi connectivity index (χ0n) is 10.0. The summed E-state index contributed by atoms with van der Waals surface area (Å²) in [6.45, 7) is 2.82. The summed E-state index contributed by atoms with van der Waals surface area (Å²) >= 11 is 0. The Morgan fingerprint density at radius 1 is 1.41 bits per heavy atom. The largest absolute Gasteiger partial charge is 0.481 e. The molecule has 0 aromatic carbocycles. The third-order valence-corrected chi connectivity index (χ3v) is 3.11. The Kier molecular flexibility index (Phi) is 5.44. The van der Waals surface area contributed by atoms with Crippen molar-refractivity contribution in [3.8, 4) is 5.88 Å². The van der Waals surface area contributed by atoms with Crippen molar-refractivity contribution < 1.29 is 4.74 Å². The molecule has 1 aliphatic heterocycles. The molecule has 0 radical (unpaired) electrons. The summed E-state index contributed by atoms with van der Waals surface area (Å²) in [6.07, 6.45) is 3.83. The van der Waals surface area contributed by atoms with Crippen LogP contribution >= 0.6 is 12.4 Å². The van der Waals surface area contributed by atoms with Gasteiger partial charge in [0.15, 0.2) is 0 Å². The lowest BCUT2D eigenvalue weighted by Crippen LogP contribution is -2.36. The summed E-state index contributed by atoms with van der Waals surface area (Å²) < 4.78 is 5.09. The Morgan fingerprint density at radius 2 is 2.12 bits per heavy atom. The van der Waals surface area contributed by atoms with Gasteiger partial charge in [-0.3, -0.25) is 0 Å². The van der Waals surface area contributed by atoms with Crippen molar-refractivity contribution in [2.75, 3.05) is 31.6 Å². The summed E-state index contributed by atoms with van der Waals surface area (Å²) in [6, 6.07) is 1.88. The molecule has 2 heterocycles. The van der Waals surface area contributed by atoms with Gasteiger partial charge in [-0.2, -0.15) is 0 Å². The van der Waals surface area contributed by atoms with E-state index in [9.17, 15) is 0 Å². The van der Waals surface area contributed by atoms with Crippen LogP contribution < -0.4 is 15.4 Å². The minimum absolute atomic E-state index is 0. The van der Waals surface area contributed by atoms with E-state index in [1.165, 1.54) is 0 Å². The van der Waals surface area contributed by atoms with Crippen molar-refractivity contribution in [3.05, 3.63) is 12.4 Å². The van der Waals surface area contributed by atoms with Crippen LogP contribution in [0.2, 0.25) is 0 Å². The molecule has 1 aliphatic rings. The topological polar surface area (TPSA) is 64.3 Å². The Balaban J connectivity index is 0.00000144. The minimum atomic E-state index is 0. The first-order valence-corrected chi connectivity index (χ1v) is 5.64. The number of methoxy groups -OCH3 is 1. The average molecular weight is 259 g/mol. The number of aromatic nitrogens is 2. The first-order valence-electron chi connectivity index (χ1n) is 5.64. The number of hydrogen-bond acceptors (Lipinski definition) is 5. The minimum Gasteiger partial charge on any atom is -0.481 e. The predicted molar refractivity (Wildman–Crippen MR) is 69.8 cm³/mol. The molecule has 96 valence electrons. The second-order valence-electron chi connectivity index (χ2n) is 4.08. The van der Waals surface area contributed by atoms with Gasteiger partial charge in [-0.25, -0.2) is 9.97 Å². The Hall–Kier alpha value is -1.07. The fourth-order valence-electron chi connectivity index (χ4n) is 2.01. The zero-order chi connectivity index (χ0) is 11.4. The highest BCUT2D eigenvalue weighted by atomic mass is 35.5.